The zero-order chi connectivity index (χ0) is 29.1. The SMILES string of the molecule is CCCCCCCCCCCCCCCCCCC[C@@H](C)[C@H]1CC[C@H]2C3CC=C4CC(N)CCC4(C)[C@H]3CCC12C. The Hall–Kier alpha value is -0.300. The molecule has 2 N–H and O–H groups in total. The number of rotatable bonds is 19. The fourth-order valence-electron chi connectivity index (χ4n) is 11.1. The van der Waals surface area contributed by atoms with E-state index < -0.39 is 0 Å². The van der Waals surface area contributed by atoms with E-state index in [-0.39, 0.29) is 0 Å². The molecular formula is C40H73N. The van der Waals surface area contributed by atoms with Crippen molar-refractivity contribution in [2.24, 2.45) is 46.2 Å². The smallest absolute Gasteiger partial charge is 0.00766 e. The zero-order valence-electron chi connectivity index (χ0n) is 28.5. The fourth-order valence-corrected chi connectivity index (χ4v) is 11.1. The van der Waals surface area contributed by atoms with Gasteiger partial charge in [0.2, 0.25) is 0 Å². The second-order valence-electron chi connectivity index (χ2n) is 16.4. The van der Waals surface area contributed by atoms with Crippen LogP contribution in [0.1, 0.15) is 195 Å². The molecule has 0 heterocycles. The molecule has 0 amide bonds. The summed E-state index contributed by atoms with van der Waals surface area (Å²) < 4.78 is 0. The van der Waals surface area contributed by atoms with E-state index in [1.807, 2.05) is 0 Å². The molecule has 1 heteroatoms. The Labute approximate surface area is 258 Å². The van der Waals surface area contributed by atoms with Gasteiger partial charge in [-0.2, -0.15) is 0 Å². The molecule has 0 aromatic carbocycles. The van der Waals surface area contributed by atoms with Crippen LogP contribution in [0.3, 0.4) is 0 Å². The monoisotopic (exact) mass is 568 g/mol. The predicted molar refractivity (Wildman–Crippen MR) is 181 cm³/mol. The van der Waals surface area contributed by atoms with Crippen LogP contribution in [-0.4, -0.2) is 6.04 Å². The Kier molecular flexibility index (Phi) is 13.7. The van der Waals surface area contributed by atoms with Gasteiger partial charge < -0.3 is 5.73 Å². The van der Waals surface area contributed by atoms with Crippen LogP contribution in [-0.2, 0) is 0 Å². The van der Waals surface area contributed by atoms with Crippen molar-refractivity contribution in [3.05, 3.63) is 11.6 Å². The molecule has 4 rings (SSSR count). The zero-order valence-corrected chi connectivity index (χ0v) is 28.5. The molecule has 8 atom stereocenters. The lowest BCUT2D eigenvalue weighted by atomic mass is 9.47. The standard InChI is InChI=1S/C40H73N/c1-5-6-7-8-9-10-11-12-13-14-15-16-17-18-19-20-21-22-32(2)36-25-26-37-35-24-23-33-31-34(41)27-29-39(33,3)38(35)28-30-40(36,37)4/h23,32,34-38H,5-22,24-31,41H2,1-4H3/t32-,34?,35?,36-,37+,38+,39?,40?/m1/s1. The van der Waals surface area contributed by atoms with Gasteiger partial charge in [-0.1, -0.05) is 155 Å². The molecule has 3 fully saturated rings. The van der Waals surface area contributed by atoms with Crippen molar-refractivity contribution < 1.29 is 0 Å². The summed E-state index contributed by atoms with van der Waals surface area (Å²) in [6.45, 7) is 10.3. The van der Waals surface area contributed by atoms with Crippen molar-refractivity contribution in [2.45, 2.75) is 201 Å². The number of fused-ring (bicyclic) bond motifs is 5. The van der Waals surface area contributed by atoms with Gasteiger partial charge in [-0.15, -0.1) is 0 Å². The lowest BCUT2D eigenvalue weighted by molar-refractivity contribution is -0.0508. The molecule has 0 bridgehead atoms. The van der Waals surface area contributed by atoms with Crippen molar-refractivity contribution >= 4 is 0 Å². The number of hydrogen-bond acceptors (Lipinski definition) is 1. The molecule has 4 unspecified atom stereocenters. The molecule has 3 saturated carbocycles. The highest BCUT2D eigenvalue weighted by molar-refractivity contribution is 5.25. The van der Waals surface area contributed by atoms with Gasteiger partial charge in [0.05, 0.1) is 0 Å². The van der Waals surface area contributed by atoms with Crippen LogP contribution in [0.5, 0.6) is 0 Å². The average Bonchev–Trinajstić information content (AvgIpc) is 3.32. The Morgan fingerprint density at radius 3 is 1.85 bits per heavy atom. The predicted octanol–water partition coefficient (Wildman–Crippen LogP) is 12.6. The number of allylic oxidation sites excluding steroid dienone is 1. The average molecular weight is 568 g/mol. The highest BCUT2D eigenvalue weighted by atomic mass is 14.7. The Bertz CT molecular complexity index is 769. The second kappa shape index (κ2) is 16.7. The van der Waals surface area contributed by atoms with Crippen molar-refractivity contribution in [1.29, 1.82) is 0 Å². The first-order chi connectivity index (χ1) is 19.9. The minimum atomic E-state index is 0.422. The van der Waals surface area contributed by atoms with E-state index in [4.69, 9.17) is 5.73 Å². The summed E-state index contributed by atoms with van der Waals surface area (Å²) in [4.78, 5) is 0. The van der Waals surface area contributed by atoms with Gasteiger partial charge in [-0.05, 0) is 91.8 Å². The van der Waals surface area contributed by atoms with Gasteiger partial charge in [0, 0.05) is 6.04 Å². The highest BCUT2D eigenvalue weighted by Crippen LogP contribution is 2.67. The largest absolute Gasteiger partial charge is 0.327 e. The van der Waals surface area contributed by atoms with Crippen LogP contribution < -0.4 is 5.73 Å². The summed E-state index contributed by atoms with van der Waals surface area (Å²) in [7, 11) is 0. The van der Waals surface area contributed by atoms with Crippen molar-refractivity contribution in [3.8, 4) is 0 Å². The van der Waals surface area contributed by atoms with Gasteiger partial charge in [-0.3, -0.25) is 0 Å². The molecule has 0 aliphatic heterocycles. The van der Waals surface area contributed by atoms with Crippen molar-refractivity contribution in [3.63, 3.8) is 0 Å². The third-order valence-corrected chi connectivity index (χ3v) is 13.7. The van der Waals surface area contributed by atoms with Crippen LogP contribution in [0.4, 0.5) is 0 Å². The van der Waals surface area contributed by atoms with Gasteiger partial charge in [-0.25, -0.2) is 0 Å². The molecule has 1 nitrogen and oxygen atoms in total. The Morgan fingerprint density at radius 1 is 0.707 bits per heavy atom. The van der Waals surface area contributed by atoms with E-state index >= 15 is 0 Å². The minimum Gasteiger partial charge on any atom is -0.327 e. The van der Waals surface area contributed by atoms with E-state index in [0.29, 0.717) is 16.9 Å². The van der Waals surface area contributed by atoms with Crippen molar-refractivity contribution in [1.82, 2.24) is 0 Å². The lowest BCUT2D eigenvalue weighted by Gasteiger charge is -2.58. The van der Waals surface area contributed by atoms with E-state index in [0.717, 1.165) is 29.6 Å². The van der Waals surface area contributed by atoms with Gasteiger partial charge in [0.25, 0.3) is 0 Å². The third-order valence-electron chi connectivity index (χ3n) is 13.7. The second-order valence-corrected chi connectivity index (χ2v) is 16.4. The van der Waals surface area contributed by atoms with E-state index in [1.54, 1.807) is 5.57 Å². The van der Waals surface area contributed by atoms with E-state index in [9.17, 15) is 0 Å². The fraction of sp³-hybridized carbons (Fsp3) is 0.950. The molecule has 0 aromatic rings. The van der Waals surface area contributed by atoms with Gasteiger partial charge in [0.15, 0.2) is 0 Å². The molecule has 0 spiro atoms. The molecule has 41 heavy (non-hydrogen) atoms. The molecular weight excluding hydrogens is 494 g/mol. The Balaban J connectivity index is 1.05. The molecule has 0 radical (unpaired) electrons. The first kappa shape index (κ1) is 33.6. The summed E-state index contributed by atoms with van der Waals surface area (Å²) in [6.07, 6.45) is 40.4. The summed E-state index contributed by atoms with van der Waals surface area (Å²) in [5.74, 6) is 4.78. The maximum atomic E-state index is 6.41. The number of nitrogens with two attached hydrogens (primary N) is 1. The quantitative estimate of drug-likeness (QED) is 0.122. The summed E-state index contributed by atoms with van der Waals surface area (Å²) in [5, 5.41) is 0. The van der Waals surface area contributed by atoms with Crippen LogP contribution in [0.2, 0.25) is 0 Å². The van der Waals surface area contributed by atoms with Gasteiger partial charge >= 0.3 is 0 Å². The molecule has 238 valence electrons. The molecule has 4 aliphatic rings. The summed E-state index contributed by atoms with van der Waals surface area (Å²) in [6, 6.07) is 0.422. The lowest BCUT2D eigenvalue weighted by Crippen LogP contribution is -2.51. The van der Waals surface area contributed by atoms with Crippen LogP contribution in [0, 0.1) is 40.4 Å². The minimum absolute atomic E-state index is 0.422. The maximum Gasteiger partial charge on any atom is 0.00766 e. The first-order valence-corrected chi connectivity index (χ1v) is 19.3. The maximum absolute atomic E-state index is 6.41. The normalized spacial score (nSPS) is 35.4. The van der Waals surface area contributed by atoms with Crippen LogP contribution in [0.25, 0.3) is 0 Å². The number of hydrogen-bond donors (Lipinski definition) is 1. The van der Waals surface area contributed by atoms with Crippen molar-refractivity contribution in [2.75, 3.05) is 0 Å². The topological polar surface area (TPSA) is 26.0 Å². The van der Waals surface area contributed by atoms with E-state index in [1.165, 1.54) is 167 Å². The van der Waals surface area contributed by atoms with Crippen LogP contribution >= 0.6 is 0 Å². The molecule has 0 saturated heterocycles. The first-order valence-electron chi connectivity index (χ1n) is 19.3. The molecule has 0 aromatic heterocycles. The number of unbranched alkanes of at least 4 members (excludes halogenated alkanes) is 16. The summed E-state index contributed by atoms with van der Waals surface area (Å²) in [5.41, 5.74) is 9.24. The van der Waals surface area contributed by atoms with E-state index in [2.05, 4.69) is 33.8 Å². The molecule has 4 aliphatic carbocycles. The van der Waals surface area contributed by atoms with Crippen LogP contribution in [0.15, 0.2) is 11.6 Å². The Morgan fingerprint density at radius 2 is 1.27 bits per heavy atom. The summed E-state index contributed by atoms with van der Waals surface area (Å²) >= 11 is 0. The van der Waals surface area contributed by atoms with Gasteiger partial charge in [0.1, 0.15) is 0 Å². The highest BCUT2D eigenvalue weighted by Gasteiger charge is 2.58. The third kappa shape index (κ3) is 8.66.